The molecule has 3 amide bonds. The minimum atomic E-state index is -1.43. The van der Waals surface area contributed by atoms with Crippen LogP contribution in [0.3, 0.4) is 0 Å². The maximum atomic E-state index is 14.8. The first kappa shape index (κ1) is 58.2. The molecule has 4 fully saturated rings. The van der Waals surface area contributed by atoms with Crippen molar-refractivity contribution in [2.75, 3.05) is 107 Å². The number of methoxy groups -OCH3 is 1. The Morgan fingerprint density at radius 3 is 1.64 bits per heavy atom. The van der Waals surface area contributed by atoms with Crippen molar-refractivity contribution >= 4 is 105 Å². The summed E-state index contributed by atoms with van der Waals surface area (Å²) in [7, 11) is 1.33. The molecule has 0 bridgehead atoms. The molecule has 8 heterocycles. The average molecular weight is 1270 g/mol. The molecule has 12 rings (SSSR count). The molecule has 22 heteroatoms. The Balaban J connectivity index is 0.000000161. The molecule has 5 aliphatic heterocycles. The zero-order valence-corrected chi connectivity index (χ0v) is 49.7. The lowest BCUT2D eigenvalue weighted by molar-refractivity contribution is -0.127. The lowest BCUT2D eigenvalue weighted by atomic mass is 9.85. The number of thiazole rings is 3. The van der Waals surface area contributed by atoms with E-state index in [0.717, 1.165) is 128 Å². The van der Waals surface area contributed by atoms with Gasteiger partial charge in [-0.2, -0.15) is 0 Å². The molecule has 16 nitrogen and oxygen atoms in total. The van der Waals surface area contributed by atoms with E-state index in [4.69, 9.17) is 4.74 Å². The third-order valence-electron chi connectivity index (χ3n) is 13.9. The summed E-state index contributed by atoms with van der Waals surface area (Å²) in [6, 6.07) is 26.7. The SMILES string of the molecule is Brc1ccc(CN2CCN(c3nccs3)CC2)cc1.COc1ccc2c(c1F)C(=O)N(C[C@@]1(C#Cc3ccc(CN4CCN(c5nccs5)CC4)cc3)CC(=O)NC1=O)C2.O=Cc1ccc(Br)cc1.c1csc(N2CCNCC2)n1. The highest BCUT2D eigenvalue weighted by molar-refractivity contribution is 9.10. The molecule has 2 N–H and O–H groups in total. The molecular formula is C58H60Br2FN11O5S3. The summed E-state index contributed by atoms with van der Waals surface area (Å²) in [6.07, 6.45) is 6.23. The number of aldehydes is 1. The average Bonchev–Trinajstić information content (AvgIpc) is 4.57. The number of amides is 3. The van der Waals surface area contributed by atoms with Gasteiger partial charge in [-0.1, -0.05) is 86.2 Å². The van der Waals surface area contributed by atoms with E-state index >= 15 is 0 Å². The van der Waals surface area contributed by atoms with Crippen LogP contribution in [0.25, 0.3) is 0 Å². The predicted octanol–water partition coefficient (Wildman–Crippen LogP) is 8.70. The number of anilines is 3. The minimum absolute atomic E-state index is 0.0244. The van der Waals surface area contributed by atoms with Gasteiger partial charge in [0.15, 0.2) is 27.0 Å². The van der Waals surface area contributed by atoms with Crippen molar-refractivity contribution in [2.24, 2.45) is 5.41 Å². The number of rotatable bonds is 11. The molecule has 0 radical (unpaired) electrons. The van der Waals surface area contributed by atoms with E-state index in [1.165, 1.54) is 23.6 Å². The summed E-state index contributed by atoms with van der Waals surface area (Å²) >= 11 is 11.8. The molecule has 0 saturated carbocycles. The molecule has 80 heavy (non-hydrogen) atoms. The van der Waals surface area contributed by atoms with Crippen LogP contribution in [0, 0.1) is 23.1 Å². The largest absolute Gasteiger partial charge is 0.494 e. The molecule has 1 atom stereocenters. The first-order valence-corrected chi connectivity index (χ1v) is 30.3. The van der Waals surface area contributed by atoms with E-state index < -0.39 is 29.0 Å². The standard InChI is InChI=1S/C30H28FN5O4S.C14H16BrN3S.C7H5BrO.C7H11N3S/c1-40-23-7-6-22-18-36(27(38)25(22)26(23)31)19-30(16-24(37)33-28(30)39)9-8-20-2-4-21(5-3-20)17-34-11-13-35(14-12-34)29-32-10-15-41-29;15-13-3-1-12(2-4-13)11-17-6-8-18(9-7-17)14-16-5-10-19-14;8-7-3-1-6(5-9)2-4-7;1-4-10(5-2-8-1)7-9-3-6-11-7/h2-7,10,15H,11-14,16-19H2,1H3,(H,33,37,39);1-5,10H,6-9,11H2;1-5H;3,6,8H,1-2,4-5H2/t30-;;;/m1.../s1. The van der Waals surface area contributed by atoms with Gasteiger partial charge in [-0.25, -0.2) is 19.3 Å². The highest BCUT2D eigenvalue weighted by Gasteiger charge is 2.49. The first-order valence-electron chi connectivity index (χ1n) is 26.1. The normalized spacial score (nSPS) is 18.1. The molecule has 0 aliphatic carbocycles. The predicted molar refractivity (Wildman–Crippen MR) is 321 cm³/mol. The number of hydrogen-bond acceptors (Lipinski definition) is 17. The van der Waals surface area contributed by atoms with Crippen molar-refractivity contribution in [1.82, 2.24) is 40.3 Å². The van der Waals surface area contributed by atoms with Crippen LogP contribution in [0.15, 0.2) is 129 Å². The zero-order chi connectivity index (χ0) is 55.8. The number of carbonyl (C=O) groups is 4. The van der Waals surface area contributed by atoms with Gasteiger partial charge in [-0.15, -0.1) is 34.0 Å². The van der Waals surface area contributed by atoms with E-state index in [1.54, 1.807) is 52.2 Å². The highest BCUT2D eigenvalue weighted by Crippen LogP contribution is 2.36. The van der Waals surface area contributed by atoms with E-state index in [9.17, 15) is 23.6 Å². The Bertz CT molecular complexity index is 3200. The van der Waals surface area contributed by atoms with E-state index in [-0.39, 0.29) is 30.8 Å². The monoisotopic (exact) mass is 1260 g/mol. The zero-order valence-electron chi connectivity index (χ0n) is 44.1. The lowest BCUT2D eigenvalue weighted by Gasteiger charge is -2.34. The summed E-state index contributed by atoms with van der Waals surface area (Å²) in [6.45, 7) is 14.3. The number of carbonyl (C=O) groups excluding carboxylic acids is 4. The molecule has 416 valence electrons. The molecule has 3 aromatic heterocycles. The fourth-order valence-corrected chi connectivity index (χ4v) is 12.2. The Hall–Kier alpha value is -6.42. The van der Waals surface area contributed by atoms with Gasteiger partial charge in [0.05, 0.1) is 19.1 Å². The number of hydrogen-bond donors (Lipinski definition) is 2. The summed E-state index contributed by atoms with van der Waals surface area (Å²) in [4.78, 5) is 74.7. The summed E-state index contributed by atoms with van der Waals surface area (Å²) in [5.41, 5.74) is 2.94. The maximum absolute atomic E-state index is 14.8. The number of halogens is 3. The van der Waals surface area contributed by atoms with Crippen LogP contribution < -0.4 is 30.1 Å². The number of imide groups is 1. The van der Waals surface area contributed by atoms with Gasteiger partial charge in [-0.05, 0) is 59.2 Å². The van der Waals surface area contributed by atoms with Crippen LogP contribution >= 0.6 is 65.9 Å². The lowest BCUT2D eigenvalue weighted by Crippen LogP contribution is -2.45. The number of benzene rings is 4. The third-order valence-corrected chi connectivity index (χ3v) is 17.5. The van der Waals surface area contributed by atoms with Gasteiger partial charge in [-0.3, -0.25) is 34.3 Å². The highest BCUT2D eigenvalue weighted by atomic mass is 79.9. The molecule has 7 aromatic rings. The molecule has 4 saturated heterocycles. The number of ether oxygens (including phenoxy) is 1. The van der Waals surface area contributed by atoms with Gasteiger partial charge < -0.3 is 29.7 Å². The Kier molecular flexibility index (Phi) is 20.6. The van der Waals surface area contributed by atoms with Crippen LogP contribution in [0.1, 0.15) is 49.4 Å². The Labute approximate surface area is 494 Å². The van der Waals surface area contributed by atoms with Crippen molar-refractivity contribution in [3.05, 3.63) is 168 Å². The number of piperazine rings is 3. The van der Waals surface area contributed by atoms with E-state index in [1.807, 2.05) is 71.1 Å². The fourth-order valence-electron chi connectivity index (χ4n) is 9.62. The quantitative estimate of drug-likeness (QED) is 0.0720. The second-order valence-electron chi connectivity index (χ2n) is 19.4. The fraction of sp³-hybridized carbons (Fsp3) is 0.328. The van der Waals surface area contributed by atoms with Gasteiger partial charge in [0, 0.05) is 160 Å². The van der Waals surface area contributed by atoms with Crippen LogP contribution in [-0.2, 0) is 29.2 Å². The smallest absolute Gasteiger partial charge is 0.257 e. The van der Waals surface area contributed by atoms with Crippen molar-refractivity contribution in [2.45, 2.75) is 26.1 Å². The molecule has 0 spiro atoms. The van der Waals surface area contributed by atoms with E-state index in [0.29, 0.717) is 16.7 Å². The minimum Gasteiger partial charge on any atom is -0.494 e. The van der Waals surface area contributed by atoms with Crippen LogP contribution in [0.4, 0.5) is 19.8 Å². The van der Waals surface area contributed by atoms with Gasteiger partial charge >= 0.3 is 0 Å². The van der Waals surface area contributed by atoms with E-state index in [2.05, 4.69) is 118 Å². The number of nitrogens with one attached hydrogen (secondary N) is 2. The van der Waals surface area contributed by atoms with Crippen LogP contribution in [0.2, 0.25) is 0 Å². The summed E-state index contributed by atoms with van der Waals surface area (Å²) in [5, 5.41) is 15.1. The summed E-state index contributed by atoms with van der Waals surface area (Å²) < 4.78 is 22.0. The van der Waals surface area contributed by atoms with Gasteiger partial charge in [0.1, 0.15) is 11.7 Å². The topological polar surface area (TPSA) is 160 Å². The number of fused-ring (bicyclic) bond motifs is 1. The summed E-state index contributed by atoms with van der Waals surface area (Å²) in [5.74, 6) is 3.74. The van der Waals surface area contributed by atoms with Crippen molar-refractivity contribution < 1.29 is 28.3 Å². The number of nitrogens with zero attached hydrogens (tertiary/aromatic N) is 9. The molecular weight excluding hydrogens is 1210 g/mol. The van der Waals surface area contributed by atoms with Crippen molar-refractivity contribution in [3.8, 4) is 17.6 Å². The second-order valence-corrected chi connectivity index (χ2v) is 23.8. The maximum Gasteiger partial charge on any atom is 0.257 e. The van der Waals surface area contributed by atoms with Crippen LogP contribution in [-0.4, -0.2) is 146 Å². The van der Waals surface area contributed by atoms with Crippen LogP contribution in [0.5, 0.6) is 5.75 Å². The first-order chi connectivity index (χ1) is 38.9. The molecule has 4 aromatic carbocycles. The molecule has 0 unspecified atom stereocenters. The van der Waals surface area contributed by atoms with Gasteiger partial charge in [0.2, 0.25) is 11.8 Å². The van der Waals surface area contributed by atoms with Crippen molar-refractivity contribution in [1.29, 1.82) is 0 Å². The Morgan fingerprint density at radius 1 is 0.675 bits per heavy atom. The third kappa shape index (κ3) is 15.5. The van der Waals surface area contributed by atoms with Crippen molar-refractivity contribution in [3.63, 3.8) is 0 Å². The second kappa shape index (κ2) is 28.3. The number of aromatic nitrogens is 3. The molecule has 5 aliphatic rings. The Morgan fingerprint density at radius 2 is 1.18 bits per heavy atom. The van der Waals surface area contributed by atoms with Gasteiger partial charge in [0.25, 0.3) is 5.91 Å².